The summed E-state index contributed by atoms with van der Waals surface area (Å²) >= 11 is 1.38. The van der Waals surface area contributed by atoms with Crippen LogP contribution in [0.1, 0.15) is 5.69 Å². The van der Waals surface area contributed by atoms with Crippen LogP contribution in [-0.2, 0) is 11.2 Å². The van der Waals surface area contributed by atoms with E-state index in [9.17, 15) is 22.8 Å². The second kappa shape index (κ2) is 4.94. The Kier molecular flexibility index (Phi) is 4.01. The third kappa shape index (κ3) is 4.24. The van der Waals surface area contributed by atoms with E-state index in [-0.39, 0.29) is 9.26 Å². The van der Waals surface area contributed by atoms with E-state index in [1.807, 2.05) is 0 Å². The number of hydrogen-bond acceptors (Lipinski definition) is 3. The van der Waals surface area contributed by atoms with Crippen LogP contribution >= 0.6 is 22.6 Å². The molecular formula is C8H5F3INO4. The van der Waals surface area contributed by atoms with Gasteiger partial charge in [0.25, 0.3) is 5.56 Å². The molecular weight excluding hydrogens is 358 g/mol. The van der Waals surface area contributed by atoms with Crippen molar-refractivity contribution in [3.8, 4) is 5.75 Å². The zero-order valence-electron chi connectivity index (χ0n) is 7.97. The SMILES string of the molecule is O=C(O)Cc1cc(OC(F)(F)F)c(I)c(=O)[nH]1. The highest BCUT2D eigenvalue weighted by molar-refractivity contribution is 14.1. The molecule has 9 heteroatoms. The number of nitrogens with one attached hydrogen (secondary N) is 1. The summed E-state index contributed by atoms with van der Waals surface area (Å²) in [6, 6.07) is 0.838. The van der Waals surface area contributed by atoms with Crippen molar-refractivity contribution in [1.82, 2.24) is 4.98 Å². The molecule has 0 saturated carbocycles. The highest BCUT2D eigenvalue weighted by Gasteiger charge is 2.32. The average molecular weight is 363 g/mol. The maximum absolute atomic E-state index is 12.0. The number of aliphatic carboxylic acids is 1. The van der Waals surface area contributed by atoms with Gasteiger partial charge in [0.15, 0.2) is 0 Å². The fraction of sp³-hybridized carbons (Fsp3) is 0.250. The molecule has 0 saturated heterocycles. The molecule has 0 bridgehead atoms. The van der Waals surface area contributed by atoms with Crippen LogP contribution in [0.15, 0.2) is 10.9 Å². The van der Waals surface area contributed by atoms with E-state index in [4.69, 9.17) is 5.11 Å². The third-order valence-corrected chi connectivity index (χ3v) is 2.58. The molecule has 94 valence electrons. The Labute approximate surface area is 106 Å². The number of aromatic amines is 1. The van der Waals surface area contributed by atoms with Gasteiger partial charge in [-0.1, -0.05) is 0 Å². The maximum Gasteiger partial charge on any atom is 0.573 e. The molecule has 1 heterocycles. The number of carboxylic acids is 1. The summed E-state index contributed by atoms with van der Waals surface area (Å²) in [5.41, 5.74) is -0.995. The first-order valence-electron chi connectivity index (χ1n) is 4.08. The Hall–Kier alpha value is -1.26. The van der Waals surface area contributed by atoms with E-state index in [2.05, 4.69) is 9.72 Å². The molecule has 17 heavy (non-hydrogen) atoms. The highest BCUT2D eigenvalue weighted by atomic mass is 127. The van der Waals surface area contributed by atoms with Gasteiger partial charge in [0.05, 0.1) is 6.42 Å². The van der Waals surface area contributed by atoms with Gasteiger partial charge >= 0.3 is 12.3 Å². The molecule has 1 rings (SSSR count). The number of hydrogen-bond donors (Lipinski definition) is 2. The third-order valence-electron chi connectivity index (χ3n) is 1.56. The molecule has 0 fully saturated rings. The van der Waals surface area contributed by atoms with Crippen LogP contribution in [-0.4, -0.2) is 22.4 Å². The van der Waals surface area contributed by atoms with Gasteiger partial charge in [-0.05, 0) is 22.6 Å². The van der Waals surface area contributed by atoms with E-state index in [0.29, 0.717) is 0 Å². The van der Waals surface area contributed by atoms with Crippen LogP contribution in [0.2, 0.25) is 0 Å². The molecule has 1 aromatic rings. The number of H-pyrrole nitrogens is 1. The van der Waals surface area contributed by atoms with Crippen LogP contribution in [0.3, 0.4) is 0 Å². The molecule has 1 aromatic heterocycles. The Morgan fingerprint density at radius 1 is 1.53 bits per heavy atom. The van der Waals surface area contributed by atoms with Crippen molar-refractivity contribution < 1.29 is 27.8 Å². The molecule has 0 aliphatic carbocycles. The summed E-state index contributed by atoms with van der Waals surface area (Å²) in [6.45, 7) is 0. The number of halogens is 4. The quantitative estimate of drug-likeness (QED) is 0.798. The lowest BCUT2D eigenvalue weighted by Crippen LogP contribution is -2.22. The largest absolute Gasteiger partial charge is 0.573 e. The van der Waals surface area contributed by atoms with E-state index in [1.165, 1.54) is 22.6 Å². The fourth-order valence-electron chi connectivity index (χ4n) is 1.03. The zero-order valence-corrected chi connectivity index (χ0v) is 10.1. The van der Waals surface area contributed by atoms with Crippen molar-refractivity contribution in [2.24, 2.45) is 0 Å². The molecule has 0 amide bonds. The smallest absolute Gasteiger partial charge is 0.481 e. The van der Waals surface area contributed by atoms with Gasteiger partial charge in [0, 0.05) is 11.8 Å². The molecule has 0 spiro atoms. The van der Waals surface area contributed by atoms with Gasteiger partial charge in [-0.15, -0.1) is 13.2 Å². The number of carbonyl (C=O) groups is 1. The minimum atomic E-state index is -4.94. The molecule has 0 atom stereocenters. The monoisotopic (exact) mass is 363 g/mol. The average Bonchev–Trinajstić information content (AvgIpc) is 2.09. The van der Waals surface area contributed by atoms with Crippen LogP contribution in [0.25, 0.3) is 0 Å². The number of carboxylic acid groups (broad SMARTS) is 1. The van der Waals surface area contributed by atoms with Crippen molar-refractivity contribution in [3.63, 3.8) is 0 Å². The lowest BCUT2D eigenvalue weighted by atomic mass is 10.2. The predicted octanol–water partition coefficient (Wildman–Crippen LogP) is 1.51. The normalized spacial score (nSPS) is 11.3. The predicted molar refractivity (Wildman–Crippen MR) is 57.8 cm³/mol. The number of alkyl halides is 3. The van der Waals surface area contributed by atoms with Crippen LogP contribution in [0, 0.1) is 3.57 Å². The standard InChI is InChI=1S/C8H5F3INO4/c9-8(10,11)17-4-1-3(2-5(14)15)13-7(16)6(4)12/h1H,2H2,(H,13,16)(H,14,15). The molecule has 5 nitrogen and oxygen atoms in total. The molecule has 0 aromatic carbocycles. The zero-order chi connectivity index (χ0) is 13.2. The first kappa shape index (κ1) is 13.8. The van der Waals surface area contributed by atoms with Gasteiger partial charge in [-0.25, -0.2) is 0 Å². The van der Waals surface area contributed by atoms with Crippen LogP contribution in [0.5, 0.6) is 5.75 Å². The maximum atomic E-state index is 12.0. The fourth-order valence-corrected chi connectivity index (χ4v) is 1.43. The van der Waals surface area contributed by atoms with Crippen LogP contribution < -0.4 is 10.3 Å². The van der Waals surface area contributed by atoms with Crippen molar-refractivity contribution in [2.45, 2.75) is 12.8 Å². The summed E-state index contributed by atoms with van der Waals surface area (Å²) in [6.07, 6.45) is -5.53. The van der Waals surface area contributed by atoms with E-state index < -0.39 is 30.1 Å². The summed E-state index contributed by atoms with van der Waals surface area (Å²) in [4.78, 5) is 23.7. The van der Waals surface area contributed by atoms with Gasteiger partial charge in [-0.2, -0.15) is 0 Å². The molecule has 0 aliphatic heterocycles. The van der Waals surface area contributed by atoms with E-state index >= 15 is 0 Å². The summed E-state index contributed by atoms with van der Waals surface area (Å²) in [7, 11) is 0. The van der Waals surface area contributed by atoms with E-state index in [1.54, 1.807) is 0 Å². The molecule has 2 N–H and O–H groups in total. The first-order chi connectivity index (χ1) is 7.69. The lowest BCUT2D eigenvalue weighted by molar-refractivity contribution is -0.275. The summed E-state index contributed by atoms with van der Waals surface area (Å²) in [5.74, 6) is -1.99. The van der Waals surface area contributed by atoms with Crippen LogP contribution in [0.4, 0.5) is 13.2 Å². The molecule has 0 unspecified atom stereocenters. The van der Waals surface area contributed by atoms with Gasteiger partial charge < -0.3 is 14.8 Å². The number of rotatable bonds is 3. The lowest BCUT2D eigenvalue weighted by Gasteiger charge is -2.10. The van der Waals surface area contributed by atoms with E-state index in [0.717, 1.165) is 6.07 Å². The van der Waals surface area contributed by atoms with Crippen molar-refractivity contribution in [2.75, 3.05) is 0 Å². The Morgan fingerprint density at radius 3 is 2.59 bits per heavy atom. The topological polar surface area (TPSA) is 79.4 Å². The Bertz CT molecular complexity index is 497. The second-order valence-corrected chi connectivity index (χ2v) is 4.00. The Morgan fingerprint density at radius 2 is 2.12 bits per heavy atom. The van der Waals surface area contributed by atoms with Gasteiger partial charge in [-0.3, -0.25) is 9.59 Å². The minimum Gasteiger partial charge on any atom is -0.481 e. The number of ether oxygens (including phenoxy) is 1. The van der Waals surface area contributed by atoms with Crippen molar-refractivity contribution in [3.05, 3.63) is 25.7 Å². The van der Waals surface area contributed by atoms with Crippen molar-refractivity contribution >= 4 is 28.6 Å². The number of pyridine rings is 1. The second-order valence-electron chi connectivity index (χ2n) is 2.92. The van der Waals surface area contributed by atoms with Crippen molar-refractivity contribution in [1.29, 1.82) is 0 Å². The van der Waals surface area contributed by atoms with Gasteiger partial charge in [0.1, 0.15) is 9.32 Å². The summed E-state index contributed by atoms with van der Waals surface area (Å²) in [5, 5.41) is 8.46. The molecule has 0 radical (unpaired) electrons. The highest BCUT2D eigenvalue weighted by Crippen LogP contribution is 2.25. The minimum absolute atomic E-state index is 0.165. The number of aromatic nitrogens is 1. The molecule has 0 aliphatic rings. The first-order valence-corrected chi connectivity index (χ1v) is 5.16. The summed E-state index contributed by atoms with van der Waals surface area (Å²) < 4.78 is 39.3. The van der Waals surface area contributed by atoms with Gasteiger partial charge in [0.2, 0.25) is 0 Å². The Balaban J connectivity index is 3.16.